The van der Waals surface area contributed by atoms with Crippen LogP contribution in [0.25, 0.3) is 0 Å². The van der Waals surface area contributed by atoms with E-state index >= 15 is 0 Å². The quantitative estimate of drug-likeness (QED) is 0.505. The van der Waals surface area contributed by atoms with Crippen LogP contribution in [0, 0.1) is 0 Å². The molecule has 0 aromatic heterocycles. The summed E-state index contributed by atoms with van der Waals surface area (Å²) in [5.74, 6) is 2.51. The third kappa shape index (κ3) is 5.19. The standard InChI is InChI=1S/C22H20BrNO3.ClH/c23-19-7-9-20(25-14-16-4-2-1-3-5-16)18(11-19)13-24-12-17-6-8-21-22(10-17)27-15-26-21;/h1-11,24H,12-15H2;1H. The van der Waals surface area contributed by atoms with E-state index in [1.54, 1.807) is 0 Å². The number of fused-ring (bicyclic) bond motifs is 1. The molecule has 0 aliphatic carbocycles. The summed E-state index contributed by atoms with van der Waals surface area (Å²) in [7, 11) is 0. The first kappa shape index (κ1) is 20.5. The van der Waals surface area contributed by atoms with Gasteiger partial charge in [0.15, 0.2) is 11.5 Å². The van der Waals surface area contributed by atoms with E-state index < -0.39 is 0 Å². The predicted octanol–water partition coefficient (Wildman–Crippen LogP) is 5.47. The number of benzene rings is 3. The third-order valence-corrected chi connectivity index (χ3v) is 4.83. The number of hydrogen-bond acceptors (Lipinski definition) is 4. The van der Waals surface area contributed by atoms with E-state index in [0.29, 0.717) is 19.9 Å². The third-order valence-electron chi connectivity index (χ3n) is 4.34. The van der Waals surface area contributed by atoms with E-state index in [1.165, 1.54) is 0 Å². The number of hydrogen-bond donors (Lipinski definition) is 1. The highest BCUT2D eigenvalue weighted by molar-refractivity contribution is 9.10. The van der Waals surface area contributed by atoms with Gasteiger partial charge in [-0.25, -0.2) is 0 Å². The zero-order valence-corrected chi connectivity index (χ0v) is 17.6. The molecule has 6 heteroatoms. The second-order valence-electron chi connectivity index (χ2n) is 6.32. The van der Waals surface area contributed by atoms with Crippen molar-refractivity contribution in [3.63, 3.8) is 0 Å². The summed E-state index contributed by atoms with van der Waals surface area (Å²) < 4.78 is 17.9. The molecule has 0 unspecified atom stereocenters. The van der Waals surface area contributed by atoms with Gasteiger partial charge < -0.3 is 19.5 Å². The molecule has 1 aliphatic heterocycles. The summed E-state index contributed by atoms with van der Waals surface area (Å²) >= 11 is 3.55. The van der Waals surface area contributed by atoms with Gasteiger partial charge in [-0.2, -0.15) is 0 Å². The first-order valence-electron chi connectivity index (χ1n) is 8.82. The number of halogens is 2. The van der Waals surface area contributed by atoms with Crippen LogP contribution in [-0.2, 0) is 19.7 Å². The van der Waals surface area contributed by atoms with Gasteiger partial charge in [0.25, 0.3) is 0 Å². The Morgan fingerprint density at radius 3 is 2.54 bits per heavy atom. The van der Waals surface area contributed by atoms with E-state index in [0.717, 1.165) is 45.0 Å². The summed E-state index contributed by atoms with van der Waals surface area (Å²) in [5, 5.41) is 3.48. The Morgan fingerprint density at radius 1 is 0.857 bits per heavy atom. The van der Waals surface area contributed by atoms with Crippen LogP contribution in [0.3, 0.4) is 0 Å². The van der Waals surface area contributed by atoms with Gasteiger partial charge in [-0.15, -0.1) is 12.4 Å². The molecule has 3 aromatic rings. The maximum Gasteiger partial charge on any atom is 0.231 e. The first-order valence-corrected chi connectivity index (χ1v) is 9.61. The van der Waals surface area contributed by atoms with E-state index in [1.807, 2.05) is 48.5 Å². The molecule has 0 radical (unpaired) electrons. The lowest BCUT2D eigenvalue weighted by Crippen LogP contribution is -2.13. The molecule has 0 bridgehead atoms. The van der Waals surface area contributed by atoms with Gasteiger partial charge in [0.05, 0.1) is 0 Å². The molecule has 3 aromatic carbocycles. The fourth-order valence-corrected chi connectivity index (χ4v) is 3.36. The van der Waals surface area contributed by atoms with Crippen molar-refractivity contribution in [3.8, 4) is 17.2 Å². The Bertz CT molecular complexity index is 921. The smallest absolute Gasteiger partial charge is 0.231 e. The Morgan fingerprint density at radius 2 is 1.68 bits per heavy atom. The van der Waals surface area contributed by atoms with Crippen molar-refractivity contribution in [1.82, 2.24) is 5.32 Å². The average Bonchev–Trinajstić information content (AvgIpc) is 3.16. The van der Waals surface area contributed by atoms with Crippen molar-refractivity contribution in [2.24, 2.45) is 0 Å². The molecular weight excluding hydrogens is 442 g/mol. The SMILES string of the molecule is Brc1ccc(OCc2ccccc2)c(CNCc2ccc3c(c2)OCO3)c1.Cl. The van der Waals surface area contributed by atoms with E-state index in [9.17, 15) is 0 Å². The van der Waals surface area contributed by atoms with Gasteiger partial charge in [-0.05, 0) is 41.5 Å². The highest BCUT2D eigenvalue weighted by Crippen LogP contribution is 2.32. The van der Waals surface area contributed by atoms with Crippen LogP contribution in [-0.4, -0.2) is 6.79 Å². The fourth-order valence-electron chi connectivity index (χ4n) is 2.95. The topological polar surface area (TPSA) is 39.7 Å². The minimum atomic E-state index is 0. The molecule has 146 valence electrons. The Hall–Kier alpha value is -2.21. The van der Waals surface area contributed by atoms with Gasteiger partial charge in [-0.3, -0.25) is 0 Å². The molecular formula is C22H21BrClNO3. The minimum Gasteiger partial charge on any atom is -0.489 e. The zero-order valence-electron chi connectivity index (χ0n) is 15.2. The molecule has 28 heavy (non-hydrogen) atoms. The molecule has 1 aliphatic rings. The molecule has 0 fully saturated rings. The van der Waals surface area contributed by atoms with Gasteiger partial charge in [0.1, 0.15) is 12.4 Å². The first-order chi connectivity index (χ1) is 13.3. The van der Waals surface area contributed by atoms with Crippen LogP contribution in [0.15, 0.2) is 71.2 Å². The van der Waals surface area contributed by atoms with Crippen molar-refractivity contribution in [2.75, 3.05) is 6.79 Å². The average molecular weight is 463 g/mol. The van der Waals surface area contributed by atoms with Gasteiger partial charge >= 0.3 is 0 Å². The Labute approximate surface area is 179 Å². The van der Waals surface area contributed by atoms with E-state index in [4.69, 9.17) is 14.2 Å². The lowest BCUT2D eigenvalue weighted by atomic mass is 10.1. The second-order valence-corrected chi connectivity index (χ2v) is 7.23. The minimum absolute atomic E-state index is 0. The van der Waals surface area contributed by atoms with Gasteiger partial charge in [0, 0.05) is 23.1 Å². The summed E-state index contributed by atoms with van der Waals surface area (Å²) in [5.41, 5.74) is 3.42. The molecule has 0 spiro atoms. The van der Waals surface area contributed by atoms with Crippen LogP contribution in [0.4, 0.5) is 0 Å². The molecule has 4 rings (SSSR count). The highest BCUT2D eigenvalue weighted by atomic mass is 79.9. The van der Waals surface area contributed by atoms with Crippen molar-refractivity contribution in [3.05, 3.63) is 87.9 Å². The summed E-state index contributed by atoms with van der Waals surface area (Å²) in [6.45, 7) is 2.29. The van der Waals surface area contributed by atoms with Gasteiger partial charge in [0.2, 0.25) is 6.79 Å². The molecule has 0 amide bonds. The lowest BCUT2D eigenvalue weighted by Gasteiger charge is -2.13. The van der Waals surface area contributed by atoms with Crippen LogP contribution < -0.4 is 19.5 Å². The maximum atomic E-state index is 6.04. The molecule has 1 heterocycles. The fraction of sp³-hybridized carbons (Fsp3) is 0.182. The zero-order chi connectivity index (χ0) is 18.5. The molecule has 0 saturated carbocycles. The number of nitrogens with one attached hydrogen (secondary N) is 1. The van der Waals surface area contributed by atoms with Gasteiger partial charge in [-0.1, -0.05) is 52.3 Å². The summed E-state index contributed by atoms with van der Waals surface area (Å²) in [6.07, 6.45) is 0. The summed E-state index contributed by atoms with van der Waals surface area (Å²) in [6, 6.07) is 22.3. The van der Waals surface area contributed by atoms with Crippen molar-refractivity contribution in [2.45, 2.75) is 19.7 Å². The normalized spacial score (nSPS) is 11.8. The number of rotatable bonds is 7. The largest absolute Gasteiger partial charge is 0.489 e. The van der Waals surface area contributed by atoms with Crippen molar-refractivity contribution in [1.29, 1.82) is 0 Å². The molecule has 4 nitrogen and oxygen atoms in total. The van der Waals surface area contributed by atoms with Crippen molar-refractivity contribution >= 4 is 28.3 Å². The Kier molecular flexibility index (Phi) is 7.20. The van der Waals surface area contributed by atoms with E-state index in [2.05, 4.69) is 39.4 Å². The predicted molar refractivity (Wildman–Crippen MR) is 115 cm³/mol. The van der Waals surface area contributed by atoms with E-state index in [-0.39, 0.29) is 12.4 Å². The maximum absolute atomic E-state index is 6.04. The summed E-state index contributed by atoms with van der Waals surface area (Å²) in [4.78, 5) is 0. The van der Waals surface area contributed by atoms with Crippen LogP contribution in [0.2, 0.25) is 0 Å². The molecule has 0 saturated heterocycles. The molecule has 1 N–H and O–H groups in total. The highest BCUT2D eigenvalue weighted by Gasteiger charge is 2.13. The van der Waals surface area contributed by atoms with Crippen molar-refractivity contribution < 1.29 is 14.2 Å². The lowest BCUT2D eigenvalue weighted by molar-refractivity contribution is 0.174. The van der Waals surface area contributed by atoms with Crippen LogP contribution in [0.5, 0.6) is 17.2 Å². The number of ether oxygens (including phenoxy) is 3. The van der Waals surface area contributed by atoms with Crippen LogP contribution in [0.1, 0.15) is 16.7 Å². The second kappa shape index (κ2) is 9.82. The van der Waals surface area contributed by atoms with Crippen LogP contribution >= 0.6 is 28.3 Å². The monoisotopic (exact) mass is 461 g/mol. The Balaban J connectivity index is 0.00000225. The molecule has 0 atom stereocenters.